The fourth-order valence-corrected chi connectivity index (χ4v) is 5.94. The Morgan fingerprint density at radius 3 is 2.08 bits per heavy atom. The molecular weight excluding hydrogens is 478 g/mol. The van der Waals surface area contributed by atoms with E-state index in [1.54, 1.807) is 4.90 Å². The molecule has 2 saturated heterocycles. The zero-order valence-electron chi connectivity index (χ0n) is 20.8. The third-order valence-corrected chi connectivity index (χ3v) is 7.73. The summed E-state index contributed by atoms with van der Waals surface area (Å²) in [6.07, 6.45) is 3.34. The Bertz CT molecular complexity index is 1360. The molecule has 3 aromatic rings. The summed E-state index contributed by atoms with van der Waals surface area (Å²) in [5.41, 5.74) is 1.75. The van der Waals surface area contributed by atoms with E-state index >= 15 is 0 Å². The lowest BCUT2D eigenvalue weighted by atomic mass is 9.77. The van der Waals surface area contributed by atoms with Crippen molar-refractivity contribution >= 4 is 17.7 Å². The van der Waals surface area contributed by atoms with E-state index in [1.807, 2.05) is 103 Å². The van der Waals surface area contributed by atoms with Crippen LogP contribution in [0.25, 0.3) is 0 Å². The molecule has 5 atom stereocenters. The van der Waals surface area contributed by atoms with E-state index in [0.717, 1.165) is 11.1 Å². The van der Waals surface area contributed by atoms with Gasteiger partial charge in [-0.2, -0.15) is 0 Å². The average molecular weight is 508 g/mol. The van der Waals surface area contributed by atoms with Crippen molar-refractivity contribution < 1.29 is 19.1 Å². The van der Waals surface area contributed by atoms with Crippen molar-refractivity contribution in [1.82, 2.24) is 15.5 Å². The summed E-state index contributed by atoms with van der Waals surface area (Å²) in [4.78, 5) is 42.6. The minimum Gasteiger partial charge on any atom is -0.360 e. The van der Waals surface area contributed by atoms with Gasteiger partial charge < -0.3 is 20.3 Å². The van der Waals surface area contributed by atoms with Gasteiger partial charge in [0.05, 0.1) is 24.5 Å². The van der Waals surface area contributed by atoms with Crippen molar-refractivity contribution in [3.05, 3.63) is 120 Å². The Kier molecular flexibility index (Phi) is 6.29. The van der Waals surface area contributed by atoms with Crippen molar-refractivity contribution in [2.24, 2.45) is 11.8 Å². The fraction of sp³-hybridized carbons (Fsp3) is 0.258. The van der Waals surface area contributed by atoms with Crippen LogP contribution in [0.3, 0.4) is 0 Å². The molecule has 38 heavy (non-hydrogen) atoms. The maximum atomic E-state index is 14.0. The summed E-state index contributed by atoms with van der Waals surface area (Å²) in [7, 11) is 0. The van der Waals surface area contributed by atoms with Crippen LogP contribution in [-0.4, -0.2) is 40.9 Å². The maximum Gasteiger partial charge on any atom is 0.247 e. The van der Waals surface area contributed by atoms with Crippen LogP contribution in [0.1, 0.15) is 22.7 Å². The number of likely N-dealkylation sites (tertiary alicyclic amines) is 1. The zero-order valence-corrected chi connectivity index (χ0v) is 20.8. The minimum atomic E-state index is -0.913. The van der Waals surface area contributed by atoms with Crippen LogP contribution in [0.5, 0.6) is 0 Å². The number of carbonyl (C=O) groups excluding carboxylic acids is 3. The Balaban J connectivity index is 1.24. The van der Waals surface area contributed by atoms with Crippen LogP contribution in [0.2, 0.25) is 0 Å². The van der Waals surface area contributed by atoms with Crippen molar-refractivity contribution in [1.29, 1.82) is 0 Å². The molecule has 3 aliphatic heterocycles. The van der Waals surface area contributed by atoms with Gasteiger partial charge in [-0.25, -0.2) is 0 Å². The molecule has 0 radical (unpaired) electrons. The average Bonchev–Trinajstić information content (AvgIpc) is 3.61. The maximum absolute atomic E-state index is 14.0. The molecule has 3 amide bonds. The van der Waals surface area contributed by atoms with Gasteiger partial charge in [0.25, 0.3) is 0 Å². The predicted molar refractivity (Wildman–Crippen MR) is 141 cm³/mol. The van der Waals surface area contributed by atoms with Gasteiger partial charge in [-0.05, 0) is 16.7 Å². The third kappa shape index (κ3) is 4.29. The number of benzene rings is 3. The van der Waals surface area contributed by atoms with E-state index in [0.29, 0.717) is 18.7 Å². The van der Waals surface area contributed by atoms with Gasteiger partial charge in [0, 0.05) is 13.1 Å². The Morgan fingerprint density at radius 2 is 1.45 bits per heavy atom. The lowest BCUT2D eigenvalue weighted by Crippen LogP contribution is -2.45. The lowest BCUT2D eigenvalue weighted by molar-refractivity contribution is -0.142. The van der Waals surface area contributed by atoms with Crippen LogP contribution in [-0.2, 0) is 32.2 Å². The van der Waals surface area contributed by atoms with Crippen molar-refractivity contribution in [3.8, 4) is 0 Å². The van der Waals surface area contributed by atoms with E-state index in [2.05, 4.69) is 10.6 Å². The number of fused-ring (bicyclic) bond motifs is 1. The summed E-state index contributed by atoms with van der Waals surface area (Å²) >= 11 is 0. The molecule has 192 valence electrons. The number of amides is 3. The number of carbonyl (C=O) groups is 3. The van der Waals surface area contributed by atoms with Gasteiger partial charge in [0.2, 0.25) is 17.7 Å². The highest BCUT2D eigenvalue weighted by atomic mass is 16.5. The van der Waals surface area contributed by atoms with Gasteiger partial charge in [-0.1, -0.05) is 103 Å². The monoisotopic (exact) mass is 507 g/mol. The highest BCUT2D eigenvalue weighted by Gasteiger charge is 2.67. The third-order valence-electron chi connectivity index (χ3n) is 7.73. The molecule has 6 rings (SSSR count). The first-order chi connectivity index (χ1) is 18.6. The van der Waals surface area contributed by atoms with E-state index in [1.165, 1.54) is 0 Å². The van der Waals surface area contributed by atoms with Crippen molar-refractivity contribution in [2.45, 2.75) is 30.8 Å². The number of rotatable bonds is 8. The first-order valence-corrected chi connectivity index (χ1v) is 12.9. The summed E-state index contributed by atoms with van der Waals surface area (Å²) in [5.74, 6) is -2.05. The summed E-state index contributed by atoms with van der Waals surface area (Å²) in [6.45, 7) is 0.936. The molecule has 3 aliphatic rings. The number of ether oxygens (including phenoxy) is 1. The summed E-state index contributed by atoms with van der Waals surface area (Å²) < 4.78 is 6.30. The molecule has 2 N–H and O–H groups in total. The standard InChI is InChI=1S/C31H29N3O4/c35-28(32-18-21-10-4-1-5-11-21)25-24-16-17-31(38-24)20-34(30(37)26(25)31)27(23-14-8-3-9-15-23)29(36)33-19-22-12-6-2-7-13-22/h1-17,24-27H,18-20H2,(H,32,35)(H,33,36)/t24-,25-,26+,27?,31-/m1/s1. The van der Waals surface area contributed by atoms with Crippen molar-refractivity contribution in [3.63, 3.8) is 0 Å². The largest absolute Gasteiger partial charge is 0.360 e. The van der Waals surface area contributed by atoms with Gasteiger partial charge in [0.1, 0.15) is 11.6 Å². The van der Waals surface area contributed by atoms with Crippen LogP contribution in [0, 0.1) is 11.8 Å². The number of hydrogen-bond donors (Lipinski definition) is 2. The molecule has 3 aromatic carbocycles. The molecule has 2 fully saturated rings. The lowest BCUT2D eigenvalue weighted by Gasteiger charge is -2.29. The predicted octanol–water partition coefficient (Wildman–Crippen LogP) is 3.14. The number of nitrogens with zero attached hydrogens (tertiary/aromatic N) is 1. The molecule has 7 heteroatoms. The second kappa shape index (κ2) is 9.91. The van der Waals surface area contributed by atoms with Crippen LogP contribution in [0.15, 0.2) is 103 Å². The second-order valence-corrected chi connectivity index (χ2v) is 10.1. The Hall–Kier alpha value is -4.23. The highest BCUT2D eigenvalue weighted by molar-refractivity contribution is 5.96. The Labute approximate surface area is 221 Å². The Morgan fingerprint density at radius 1 is 0.868 bits per heavy atom. The van der Waals surface area contributed by atoms with Gasteiger partial charge in [-0.15, -0.1) is 0 Å². The molecule has 0 saturated carbocycles. The molecule has 1 spiro atoms. The molecule has 2 bridgehead atoms. The van der Waals surface area contributed by atoms with E-state index in [-0.39, 0.29) is 24.3 Å². The first kappa shape index (κ1) is 24.1. The van der Waals surface area contributed by atoms with E-state index in [9.17, 15) is 14.4 Å². The van der Waals surface area contributed by atoms with Gasteiger partial charge in [-0.3, -0.25) is 14.4 Å². The summed E-state index contributed by atoms with van der Waals surface area (Å²) in [6, 6.07) is 27.8. The van der Waals surface area contributed by atoms with E-state index in [4.69, 9.17) is 4.74 Å². The molecule has 1 unspecified atom stereocenters. The smallest absolute Gasteiger partial charge is 0.247 e. The van der Waals surface area contributed by atoms with Crippen LogP contribution >= 0.6 is 0 Å². The SMILES string of the molecule is O=C(NCc1ccccc1)C(c1ccccc1)N1C[C@@]23C=C[C@@H](O2)[C@@H](C(=O)NCc2ccccc2)[C@H]3C1=O. The minimum absolute atomic E-state index is 0.213. The normalized spacial score (nSPS) is 25.7. The number of hydrogen-bond acceptors (Lipinski definition) is 4. The molecule has 0 aliphatic carbocycles. The quantitative estimate of drug-likeness (QED) is 0.459. The number of nitrogens with one attached hydrogen (secondary N) is 2. The molecule has 7 nitrogen and oxygen atoms in total. The molecule has 3 heterocycles. The van der Waals surface area contributed by atoms with Crippen LogP contribution < -0.4 is 10.6 Å². The highest BCUT2D eigenvalue weighted by Crippen LogP contribution is 2.53. The topological polar surface area (TPSA) is 87.7 Å². The van der Waals surface area contributed by atoms with Gasteiger partial charge >= 0.3 is 0 Å². The fourth-order valence-electron chi connectivity index (χ4n) is 5.94. The van der Waals surface area contributed by atoms with Gasteiger partial charge in [0.15, 0.2) is 0 Å². The van der Waals surface area contributed by atoms with Crippen molar-refractivity contribution in [2.75, 3.05) is 6.54 Å². The first-order valence-electron chi connectivity index (χ1n) is 12.9. The summed E-state index contributed by atoms with van der Waals surface area (Å²) in [5, 5.41) is 5.99. The van der Waals surface area contributed by atoms with Crippen LogP contribution in [0.4, 0.5) is 0 Å². The van der Waals surface area contributed by atoms with E-state index < -0.39 is 29.6 Å². The molecule has 0 aromatic heterocycles. The zero-order chi connectivity index (χ0) is 26.1. The second-order valence-electron chi connectivity index (χ2n) is 10.1. The molecular formula is C31H29N3O4.